The average molecular weight is 345 g/mol. The highest BCUT2D eigenvalue weighted by molar-refractivity contribution is 6.31. The highest BCUT2D eigenvalue weighted by atomic mass is 35.5. The lowest BCUT2D eigenvalue weighted by Gasteiger charge is -2.22. The molecule has 5 heteroatoms. The summed E-state index contributed by atoms with van der Waals surface area (Å²) in [5.74, 6) is -1.20. The highest BCUT2D eigenvalue weighted by Crippen LogP contribution is 2.36. The molecule has 0 spiro atoms. The third kappa shape index (κ3) is 2.71. The predicted molar refractivity (Wildman–Crippen MR) is 93.0 cm³/mol. The molecule has 0 saturated heterocycles. The maximum absolute atomic E-state index is 14.1. The van der Waals surface area contributed by atoms with Crippen LogP contribution in [0.1, 0.15) is 24.1 Å². The van der Waals surface area contributed by atoms with Gasteiger partial charge in [0.15, 0.2) is 0 Å². The Balaban J connectivity index is 1.91. The van der Waals surface area contributed by atoms with Crippen LogP contribution < -0.4 is 5.32 Å². The van der Waals surface area contributed by atoms with Crippen LogP contribution >= 0.6 is 11.6 Å². The van der Waals surface area contributed by atoms with Gasteiger partial charge in [0, 0.05) is 22.2 Å². The molecule has 1 N–H and O–H groups in total. The first-order valence-electron chi connectivity index (χ1n) is 7.95. The lowest BCUT2D eigenvalue weighted by atomic mass is 9.92. The van der Waals surface area contributed by atoms with Gasteiger partial charge >= 0.3 is 0 Å². The van der Waals surface area contributed by atoms with Gasteiger partial charge in [0.05, 0.1) is 16.9 Å². The van der Waals surface area contributed by atoms with Crippen LogP contribution in [-0.4, -0.2) is 4.98 Å². The van der Waals surface area contributed by atoms with Gasteiger partial charge in [-0.2, -0.15) is 0 Å². The van der Waals surface area contributed by atoms with Gasteiger partial charge in [-0.1, -0.05) is 11.6 Å². The van der Waals surface area contributed by atoms with E-state index in [1.165, 1.54) is 12.1 Å². The number of halogens is 3. The fourth-order valence-corrected chi connectivity index (χ4v) is 3.43. The van der Waals surface area contributed by atoms with Crippen LogP contribution in [-0.2, 0) is 12.8 Å². The first-order valence-corrected chi connectivity index (χ1v) is 8.33. The Morgan fingerprint density at radius 2 is 1.83 bits per heavy atom. The zero-order chi connectivity index (χ0) is 16.7. The van der Waals surface area contributed by atoms with Crippen LogP contribution in [0.2, 0.25) is 5.02 Å². The van der Waals surface area contributed by atoms with Crippen LogP contribution in [0.4, 0.5) is 20.2 Å². The molecule has 1 aromatic heterocycles. The highest BCUT2D eigenvalue weighted by Gasteiger charge is 2.19. The molecule has 2 nitrogen and oxygen atoms in total. The normalized spacial score (nSPS) is 13.8. The summed E-state index contributed by atoms with van der Waals surface area (Å²) >= 11 is 6.09. The summed E-state index contributed by atoms with van der Waals surface area (Å²) in [5, 5.41) is 4.67. The molecule has 0 radical (unpaired) electrons. The fraction of sp³-hybridized carbons (Fsp3) is 0.211. The molecule has 0 atom stereocenters. The van der Waals surface area contributed by atoms with Crippen molar-refractivity contribution < 1.29 is 8.78 Å². The molecule has 1 aliphatic rings. The lowest BCUT2D eigenvalue weighted by Crippen LogP contribution is -2.10. The van der Waals surface area contributed by atoms with Gasteiger partial charge in [-0.15, -0.1) is 0 Å². The van der Waals surface area contributed by atoms with E-state index in [-0.39, 0.29) is 5.69 Å². The van der Waals surface area contributed by atoms with Crippen molar-refractivity contribution in [2.75, 3.05) is 5.32 Å². The third-order valence-corrected chi connectivity index (χ3v) is 4.65. The number of hydrogen-bond donors (Lipinski definition) is 1. The smallest absolute Gasteiger partial charge is 0.149 e. The summed E-state index contributed by atoms with van der Waals surface area (Å²) in [7, 11) is 0. The SMILES string of the molecule is Fc1ccc(Nc2c3c(nc4cc(Cl)ccc24)CCCC3)c(F)c1. The molecule has 0 bridgehead atoms. The molecule has 4 rings (SSSR count). The number of aryl methyl sites for hydroxylation is 1. The Hall–Kier alpha value is -2.20. The number of pyridine rings is 1. The van der Waals surface area contributed by atoms with Gasteiger partial charge in [-0.05, 0) is 61.6 Å². The topological polar surface area (TPSA) is 24.9 Å². The van der Waals surface area contributed by atoms with Gasteiger partial charge in [0.2, 0.25) is 0 Å². The largest absolute Gasteiger partial charge is 0.352 e. The van der Waals surface area contributed by atoms with Crippen molar-refractivity contribution in [1.82, 2.24) is 4.98 Å². The first-order chi connectivity index (χ1) is 11.6. The number of aromatic nitrogens is 1. The van der Waals surface area contributed by atoms with Crippen molar-refractivity contribution in [3.8, 4) is 0 Å². The van der Waals surface area contributed by atoms with Gasteiger partial charge in [0.1, 0.15) is 11.6 Å². The summed E-state index contributed by atoms with van der Waals surface area (Å²) in [6, 6.07) is 9.06. The standard InChI is InChI=1S/C19H15ClF2N2/c20-11-5-7-14-18(9-11)23-16-4-2-1-3-13(16)19(14)24-17-8-6-12(21)10-15(17)22/h5-10H,1-4H2,(H,23,24). The second kappa shape index (κ2) is 6.02. The van der Waals surface area contributed by atoms with Crippen LogP contribution in [0.15, 0.2) is 36.4 Å². The molecule has 24 heavy (non-hydrogen) atoms. The van der Waals surface area contributed by atoms with Crippen molar-refractivity contribution in [2.45, 2.75) is 25.7 Å². The fourth-order valence-electron chi connectivity index (χ4n) is 3.27. The van der Waals surface area contributed by atoms with E-state index in [1.807, 2.05) is 12.1 Å². The second-order valence-electron chi connectivity index (χ2n) is 6.03. The van der Waals surface area contributed by atoms with Crippen LogP contribution in [0, 0.1) is 11.6 Å². The maximum Gasteiger partial charge on any atom is 0.149 e. The number of rotatable bonds is 2. The summed E-state index contributed by atoms with van der Waals surface area (Å²) in [5.41, 5.74) is 4.03. The molecule has 0 saturated carbocycles. The molecule has 2 aromatic carbocycles. The van der Waals surface area contributed by atoms with Crippen molar-refractivity contribution in [3.63, 3.8) is 0 Å². The van der Waals surface area contributed by atoms with E-state index in [0.717, 1.165) is 59.6 Å². The maximum atomic E-state index is 14.1. The Kier molecular flexibility index (Phi) is 3.85. The Morgan fingerprint density at radius 3 is 2.67 bits per heavy atom. The molecule has 1 aliphatic carbocycles. The van der Waals surface area contributed by atoms with Crippen molar-refractivity contribution in [1.29, 1.82) is 0 Å². The lowest BCUT2D eigenvalue weighted by molar-refractivity contribution is 0.586. The van der Waals surface area contributed by atoms with Gasteiger partial charge < -0.3 is 5.32 Å². The quantitative estimate of drug-likeness (QED) is 0.636. The number of hydrogen-bond acceptors (Lipinski definition) is 2. The number of fused-ring (bicyclic) bond motifs is 2. The number of benzene rings is 2. The number of nitrogens with zero attached hydrogens (tertiary/aromatic N) is 1. The van der Waals surface area contributed by atoms with Crippen molar-refractivity contribution >= 4 is 33.9 Å². The molecule has 122 valence electrons. The Labute approximate surface area is 143 Å². The van der Waals surface area contributed by atoms with Gasteiger partial charge in [-0.25, -0.2) is 8.78 Å². The minimum Gasteiger partial charge on any atom is -0.352 e. The van der Waals surface area contributed by atoms with E-state index in [9.17, 15) is 8.78 Å². The molecule has 1 heterocycles. The summed E-state index contributed by atoms with van der Waals surface area (Å²) in [4.78, 5) is 4.74. The Morgan fingerprint density at radius 1 is 1.00 bits per heavy atom. The van der Waals surface area contributed by atoms with Crippen LogP contribution in [0.5, 0.6) is 0 Å². The molecular weight excluding hydrogens is 330 g/mol. The van der Waals surface area contributed by atoms with E-state index in [0.29, 0.717) is 5.02 Å². The number of anilines is 2. The summed E-state index contributed by atoms with van der Waals surface area (Å²) in [6.07, 6.45) is 3.97. The Bertz CT molecular complexity index is 940. The van der Waals surface area contributed by atoms with E-state index in [2.05, 4.69) is 5.32 Å². The van der Waals surface area contributed by atoms with Gasteiger partial charge in [-0.3, -0.25) is 4.98 Å². The minimum atomic E-state index is -0.613. The summed E-state index contributed by atoms with van der Waals surface area (Å²) in [6.45, 7) is 0. The molecule has 3 aromatic rings. The molecule has 0 aliphatic heterocycles. The van der Waals surface area contributed by atoms with Crippen LogP contribution in [0.25, 0.3) is 10.9 Å². The van der Waals surface area contributed by atoms with E-state index in [4.69, 9.17) is 16.6 Å². The third-order valence-electron chi connectivity index (χ3n) is 4.42. The van der Waals surface area contributed by atoms with E-state index in [1.54, 1.807) is 6.07 Å². The monoisotopic (exact) mass is 344 g/mol. The number of nitrogens with one attached hydrogen (secondary N) is 1. The molecule has 0 fully saturated rings. The van der Waals surface area contributed by atoms with Crippen molar-refractivity contribution in [2.24, 2.45) is 0 Å². The minimum absolute atomic E-state index is 0.256. The average Bonchev–Trinajstić information content (AvgIpc) is 2.56. The molecular formula is C19H15ClF2N2. The predicted octanol–water partition coefficient (Wildman–Crippen LogP) is 5.79. The molecule has 0 unspecified atom stereocenters. The van der Waals surface area contributed by atoms with Gasteiger partial charge in [0.25, 0.3) is 0 Å². The first kappa shape index (κ1) is 15.3. The zero-order valence-electron chi connectivity index (χ0n) is 12.9. The van der Waals surface area contributed by atoms with Crippen molar-refractivity contribution in [3.05, 3.63) is 64.3 Å². The van der Waals surface area contributed by atoms with E-state index < -0.39 is 11.6 Å². The van der Waals surface area contributed by atoms with E-state index >= 15 is 0 Å². The second-order valence-corrected chi connectivity index (χ2v) is 6.47. The van der Waals surface area contributed by atoms with Crippen LogP contribution in [0.3, 0.4) is 0 Å². The zero-order valence-corrected chi connectivity index (χ0v) is 13.6. The summed E-state index contributed by atoms with van der Waals surface area (Å²) < 4.78 is 27.3. The molecule has 0 amide bonds.